The van der Waals surface area contributed by atoms with Crippen LogP contribution in [0.15, 0.2) is 18.2 Å². The van der Waals surface area contributed by atoms with Crippen LogP contribution in [0.25, 0.3) is 11.3 Å². The predicted octanol–water partition coefficient (Wildman–Crippen LogP) is 2.98. The Morgan fingerprint density at radius 1 is 1.32 bits per heavy atom. The van der Waals surface area contributed by atoms with Crippen molar-refractivity contribution in [2.24, 2.45) is 0 Å². The van der Waals surface area contributed by atoms with Gasteiger partial charge in [0.2, 0.25) is 0 Å². The van der Waals surface area contributed by atoms with Gasteiger partial charge in [-0.25, -0.2) is 0 Å². The molecule has 1 aliphatic heterocycles. The molecule has 0 bridgehead atoms. The van der Waals surface area contributed by atoms with Crippen LogP contribution in [0.4, 0.5) is 19.0 Å². The monoisotopic (exact) mass is 479 g/mol. The summed E-state index contributed by atoms with van der Waals surface area (Å²) in [5.41, 5.74) is -0.847. The molecular formula is C22H24F3N5O4. The van der Waals surface area contributed by atoms with Gasteiger partial charge >= 0.3 is 12.1 Å². The smallest absolute Gasteiger partial charge is 0.416 e. The summed E-state index contributed by atoms with van der Waals surface area (Å²) >= 11 is 0. The first-order valence-corrected chi connectivity index (χ1v) is 10.5. The van der Waals surface area contributed by atoms with E-state index in [0.717, 1.165) is 6.07 Å². The Bertz CT molecular complexity index is 1080. The maximum absolute atomic E-state index is 13.2. The minimum atomic E-state index is -4.66. The summed E-state index contributed by atoms with van der Waals surface area (Å²) in [4.78, 5) is 11.9. The van der Waals surface area contributed by atoms with Crippen LogP contribution < -0.4 is 10.6 Å². The van der Waals surface area contributed by atoms with Crippen LogP contribution in [-0.4, -0.2) is 53.6 Å². The molecule has 3 rings (SSSR count). The van der Waals surface area contributed by atoms with E-state index >= 15 is 0 Å². The van der Waals surface area contributed by atoms with E-state index in [-0.39, 0.29) is 46.8 Å². The van der Waals surface area contributed by atoms with Crippen molar-refractivity contribution in [3.63, 3.8) is 0 Å². The fraction of sp³-hybridized carbons (Fsp3) is 0.455. The van der Waals surface area contributed by atoms with Crippen molar-refractivity contribution in [3.05, 3.63) is 34.9 Å². The van der Waals surface area contributed by atoms with Gasteiger partial charge in [-0.3, -0.25) is 4.79 Å². The first-order chi connectivity index (χ1) is 16.2. The van der Waals surface area contributed by atoms with Gasteiger partial charge in [0.05, 0.1) is 30.0 Å². The third-order valence-corrected chi connectivity index (χ3v) is 5.32. The highest BCUT2D eigenvalue weighted by atomic mass is 19.4. The number of halogens is 3. The van der Waals surface area contributed by atoms with Crippen LogP contribution in [0.1, 0.15) is 36.5 Å². The molecule has 3 N–H and O–H groups in total. The van der Waals surface area contributed by atoms with Gasteiger partial charge in [-0.1, -0.05) is 0 Å². The summed E-state index contributed by atoms with van der Waals surface area (Å²) in [7, 11) is 1.31. The molecule has 0 aliphatic carbocycles. The number of carbonyl (C=O) groups excluding carboxylic acids is 1. The van der Waals surface area contributed by atoms with Crippen LogP contribution in [-0.2, 0) is 27.1 Å². The maximum Gasteiger partial charge on any atom is 0.416 e. The lowest BCUT2D eigenvalue weighted by Gasteiger charge is -2.29. The number of esters is 1. The molecule has 2 atom stereocenters. The molecule has 1 aromatic heterocycles. The number of rotatable bonds is 7. The van der Waals surface area contributed by atoms with Crippen molar-refractivity contribution in [1.29, 1.82) is 5.26 Å². The van der Waals surface area contributed by atoms with Gasteiger partial charge in [0.25, 0.3) is 0 Å². The number of alkyl halides is 3. The van der Waals surface area contributed by atoms with Gasteiger partial charge < -0.3 is 25.2 Å². The minimum Gasteiger partial charge on any atom is -0.507 e. The maximum atomic E-state index is 13.2. The zero-order valence-corrected chi connectivity index (χ0v) is 18.6. The number of hydrogen-bond acceptors (Lipinski definition) is 9. The number of phenols is 1. The summed E-state index contributed by atoms with van der Waals surface area (Å²) in [5, 5.41) is 34.2. The first kappa shape index (κ1) is 25.2. The molecule has 0 amide bonds. The fourth-order valence-corrected chi connectivity index (χ4v) is 3.74. The molecule has 1 aliphatic rings. The molecule has 2 aromatic rings. The van der Waals surface area contributed by atoms with Crippen LogP contribution in [0.5, 0.6) is 5.75 Å². The lowest BCUT2D eigenvalue weighted by Crippen LogP contribution is -2.49. The summed E-state index contributed by atoms with van der Waals surface area (Å²) < 4.78 is 49.5. The van der Waals surface area contributed by atoms with Crippen molar-refractivity contribution >= 4 is 11.8 Å². The van der Waals surface area contributed by atoms with Crippen molar-refractivity contribution in [2.45, 2.75) is 44.6 Å². The largest absolute Gasteiger partial charge is 0.507 e. The van der Waals surface area contributed by atoms with E-state index in [4.69, 9.17) is 9.47 Å². The molecule has 1 fully saturated rings. The normalized spacial score (nSPS) is 18.2. The topological polar surface area (TPSA) is 129 Å². The summed E-state index contributed by atoms with van der Waals surface area (Å²) in [6, 6.07) is 4.26. The third-order valence-electron chi connectivity index (χ3n) is 5.32. The Balaban J connectivity index is 1.84. The van der Waals surface area contributed by atoms with Crippen LogP contribution in [0.3, 0.4) is 0 Å². The van der Waals surface area contributed by atoms with Crippen molar-refractivity contribution < 1.29 is 32.5 Å². The number of nitrogens with one attached hydrogen (secondary N) is 2. The lowest BCUT2D eigenvalue weighted by atomic mass is 9.98. The Morgan fingerprint density at radius 3 is 2.68 bits per heavy atom. The third kappa shape index (κ3) is 5.73. The molecule has 9 nitrogen and oxygen atoms in total. The molecule has 34 heavy (non-hydrogen) atoms. The first-order valence-electron chi connectivity index (χ1n) is 10.5. The van der Waals surface area contributed by atoms with E-state index in [9.17, 15) is 28.3 Å². The lowest BCUT2D eigenvalue weighted by molar-refractivity contribution is -0.146. The molecule has 0 spiro atoms. The van der Waals surface area contributed by atoms with Crippen LogP contribution >= 0.6 is 0 Å². The van der Waals surface area contributed by atoms with Gasteiger partial charge in [-0.05, 0) is 43.5 Å². The predicted molar refractivity (Wildman–Crippen MR) is 115 cm³/mol. The highest BCUT2D eigenvalue weighted by Gasteiger charge is 2.33. The van der Waals surface area contributed by atoms with E-state index in [1.165, 1.54) is 13.2 Å². The SMILES string of the molecule is CCOC(=O)[C@@H]1CC[C@@H](Nc2nnc(-c3c(O)cc(C(F)(F)F)cc3COC)cc2C#N)CN1. The molecule has 1 aromatic carbocycles. The highest BCUT2D eigenvalue weighted by molar-refractivity contribution is 5.76. The summed E-state index contributed by atoms with van der Waals surface area (Å²) in [6.45, 7) is 2.24. The second kappa shape index (κ2) is 10.7. The molecule has 0 saturated carbocycles. The number of carbonyl (C=O) groups is 1. The molecule has 0 radical (unpaired) electrons. The van der Waals surface area contributed by atoms with E-state index in [0.29, 0.717) is 32.1 Å². The standard InChI is InChI=1S/C22H24F3N5O4/c1-3-34-21(32)16-5-4-15(10-27-16)28-20-12(9-26)7-17(29-30-20)19-13(11-33-2)6-14(8-18(19)31)22(23,24)25/h6-8,15-16,27,31H,3-5,10-11H2,1-2H3,(H,28,30)/t15-,16+/m1/s1. The average molecular weight is 479 g/mol. The van der Waals surface area contributed by atoms with E-state index in [1.54, 1.807) is 6.92 Å². The molecule has 2 heterocycles. The second-order valence-corrected chi connectivity index (χ2v) is 7.70. The zero-order chi connectivity index (χ0) is 24.9. The van der Waals surface area contributed by atoms with Crippen molar-refractivity contribution in [2.75, 3.05) is 25.6 Å². The summed E-state index contributed by atoms with van der Waals surface area (Å²) in [5.74, 6) is -0.777. The number of nitrogens with zero attached hydrogens (tertiary/aromatic N) is 3. The Hall–Kier alpha value is -3.43. The quantitative estimate of drug-likeness (QED) is 0.513. The number of hydrogen-bond donors (Lipinski definition) is 3. The number of benzene rings is 1. The van der Waals surface area contributed by atoms with Gasteiger partial charge in [-0.15, -0.1) is 10.2 Å². The second-order valence-electron chi connectivity index (χ2n) is 7.70. The summed E-state index contributed by atoms with van der Waals surface area (Å²) in [6.07, 6.45) is -3.51. The minimum absolute atomic E-state index is 0.00186. The Kier molecular flexibility index (Phi) is 7.90. The number of anilines is 1. The molecular weight excluding hydrogens is 455 g/mol. The van der Waals surface area contributed by atoms with Crippen LogP contribution in [0.2, 0.25) is 0 Å². The van der Waals surface area contributed by atoms with E-state index in [1.807, 2.05) is 6.07 Å². The number of aromatic hydroxyl groups is 1. The molecule has 182 valence electrons. The number of methoxy groups -OCH3 is 1. The van der Waals surface area contributed by atoms with E-state index in [2.05, 4.69) is 20.8 Å². The van der Waals surface area contributed by atoms with Gasteiger partial charge in [0.15, 0.2) is 5.82 Å². The van der Waals surface area contributed by atoms with Gasteiger partial charge in [-0.2, -0.15) is 18.4 Å². The molecule has 1 saturated heterocycles. The highest BCUT2D eigenvalue weighted by Crippen LogP contribution is 2.39. The van der Waals surface area contributed by atoms with Crippen molar-refractivity contribution in [3.8, 4) is 23.1 Å². The number of phenolic OH excluding ortho intramolecular Hbond substituents is 1. The Morgan fingerprint density at radius 2 is 2.09 bits per heavy atom. The molecule has 12 heteroatoms. The van der Waals surface area contributed by atoms with E-state index < -0.39 is 23.5 Å². The van der Waals surface area contributed by atoms with Crippen molar-refractivity contribution in [1.82, 2.24) is 15.5 Å². The average Bonchev–Trinajstić information content (AvgIpc) is 2.79. The number of piperidine rings is 1. The number of nitriles is 1. The number of aromatic nitrogens is 2. The fourth-order valence-electron chi connectivity index (χ4n) is 3.74. The Labute approximate surface area is 193 Å². The molecule has 0 unspecified atom stereocenters. The number of ether oxygens (including phenoxy) is 2. The van der Waals surface area contributed by atoms with Gasteiger partial charge in [0, 0.05) is 25.3 Å². The van der Waals surface area contributed by atoms with Crippen LogP contribution in [0, 0.1) is 11.3 Å². The zero-order valence-electron chi connectivity index (χ0n) is 18.6. The van der Waals surface area contributed by atoms with Gasteiger partial charge in [0.1, 0.15) is 17.9 Å².